The SMILES string of the molecule is CC1(C)OB(c2ccc3ncccc3c2)OC1(C)C.CCOC(=O)c1nnn(Cc2ccc(OC)cc2)c1Oc1ccc(-c2ccc3ncccc3c2)cc1.CCOC(=O)c1nnn(Cc2ccc(OC)cc2)c1Oc1ccc(Br)cc1.COc1ccc(Cn2nnc(C(=O)O)c2Oc2ccc(-c3ccc4ncccc4c3)cc2)cc1.O=C(O)c1[nH]nnc1Oc1ccc(-c2ccc3ncccc3c2)cc1. The molecule has 0 spiro atoms. The number of aromatic nitrogens is 16. The van der Waals surface area contributed by atoms with Crippen molar-refractivity contribution in [3.63, 3.8) is 0 Å². The van der Waals surface area contributed by atoms with Crippen molar-refractivity contribution in [2.75, 3.05) is 34.5 Å². The molecule has 33 nitrogen and oxygen atoms in total. The minimum absolute atomic E-state index is 0.0245. The highest BCUT2D eigenvalue weighted by Crippen LogP contribution is 2.39. The van der Waals surface area contributed by atoms with E-state index in [1.807, 2.05) is 224 Å². The Kier molecular flexibility index (Phi) is 30.6. The molecule has 0 bridgehead atoms. The maximum Gasteiger partial charge on any atom is 0.494 e. The quantitative estimate of drug-likeness (QED) is 0.0318. The number of pyridine rings is 4. The molecule has 8 aromatic heterocycles. The van der Waals surface area contributed by atoms with Crippen LogP contribution in [-0.2, 0) is 38.4 Å². The van der Waals surface area contributed by atoms with E-state index >= 15 is 0 Å². The average molecular weight is 1950 g/mol. The van der Waals surface area contributed by atoms with Crippen LogP contribution in [0.3, 0.4) is 0 Å². The predicted molar refractivity (Wildman–Crippen MR) is 532 cm³/mol. The van der Waals surface area contributed by atoms with Crippen LogP contribution < -0.4 is 38.6 Å². The van der Waals surface area contributed by atoms with Crippen molar-refractivity contribution >= 4 is 96.0 Å². The van der Waals surface area contributed by atoms with Crippen molar-refractivity contribution < 1.29 is 81.3 Å². The molecule has 1 aliphatic heterocycles. The third-order valence-corrected chi connectivity index (χ3v) is 23.1. The Bertz CT molecular complexity index is 7570. The van der Waals surface area contributed by atoms with E-state index in [9.17, 15) is 24.3 Å². The highest BCUT2D eigenvalue weighted by atomic mass is 79.9. The normalized spacial score (nSPS) is 12.1. The van der Waals surface area contributed by atoms with Crippen LogP contribution in [-0.4, -0.2) is 167 Å². The summed E-state index contributed by atoms with van der Waals surface area (Å²) >= 11 is 3.38. The Balaban J connectivity index is 0.000000129. The molecule has 0 saturated carbocycles. The fourth-order valence-corrected chi connectivity index (χ4v) is 14.8. The molecule has 141 heavy (non-hydrogen) atoms. The molecule has 3 N–H and O–H groups in total. The van der Waals surface area contributed by atoms with Gasteiger partial charge in [-0.05, 0) is 266 Å². The van der Waals surface area contributed by atoms with Gasteiger partial charge in [-0.2, -0.15) is 0 Å². The smallest absolute Gasteiger partial charge is 0.494 e. The molecule has 20 rings (SSSR count). The fraction of sp³-hybridized carbons (Fsp3) is 0.151. The van der Waals surface area contributed by atoms with E-state index in [2.05, 4.69) is 140 Å². The van der Waals surface area contributed by atoms with Crippen LogP contribution in [0.1, 0.15) is 100 Å². The van der Waals surface area contributed by atoms with Gasteiger partial charge in [0, 0.05) is 45.4 Å². The molecule has 1 aliphatic rings. The molecule has 0 amide bonds. The summed E-state index contributed by atoms with van der Waals surface area (Å²) in [6.07, 6.45) is 7.13. The topological polar surface area (TPSA) is 396 Å². The van der Waals surface area contributed by atoms with E-state index in [0.29, 0.717) is 42.6 Å². The molecule has 0 radical (unpaired) electrons. The number of carbonyl (C=O) groups excluding carboxylic acids is 2. The number of ether oxygens (including phenoxy) is 9. The van der Waals surface area contributed by atoms with Crippen molar-refractivity contribution in [3.8, 4) is 97.1 Å². The zero-order valence-electron chi connectivity index (χ0n) is 77.7. The molecule has 0 atom stereocenters. The number of nitrogens with one attached hydrogen (secondary N) is 1. The summed E-state index contributed by atoms with van der Waals surface area (Å²) in [4.78, 5) is 64.8. The summed E-state index contributed by atoms with van der Waals surface area (Å²) in [6, 6.07) is 92.3. The van der Waals surface area contributed by atoms with Crippen molar-refractivity contribution in [2.24, 2.45) is 0 Å². The number of esters is 2. The second-order valence-corrected chi connectivity index (χ2v) is 33.4. The van der Waals surface area contributed by atoms with Gasteiger partial charge in [0.15, 0.2) is 0 Å². The van der Waals surface area contributed by atoms with Crippen LogP contribution in [0.25, 0.3) is 77.0 Å². The highest BCUT2D eigenvalue weighted by Gasteiger charge is 2.52. The number of benzene rings is 11. The lowest BCUT2D eigenvalue weighted by Crippen LogP contribution is -2.41. The molecule has 0 unspecified atom stereocenters. The fourth-order valence-electron chi connectivity index (χ4n) is 14.5. The lowest BCUT2D eigenvalue weighted by atomic mass is 9.78. The predicted octanol–water partition coefficient (Wildman–Crippen LogP) is 20.7. The molecule has 19 aromatic rings. The van der Waals surface area contributed by atoms with Crippen LogP contribution in [0, 0.1) is 0 Å². The van der Waals surface area contributed by atoms with Crippen LogP contribution in [0.2, 0.25) is 0 Å². The summed E-state index contributed by atoms with van der Waals surface area (Å²) in [5.41, 5.74) is 12.9. The lowest BCUT2D eigenvalue weighted by molar-refractivity contribution is 0.00578. The number of methoxy groups -OCH3 is 3. The minimum Gasteiger partial charge on any atom is -0.497 e. The van der Waals surface area contributed by atoms with Gasteiger partial charge >= 0.3 is 31.0 Å². The number of hydrogen-bond donors (Lipinski definition) is 3. The maximum absolute atomic E-state index is 12.5. The molecular weight excluding hydrogens is 1860 g/mol. The first-order valence-corrected chi connectivity index (χ1v) is 45.2. The Hall–Kier alpha value is -17.4. The zero-order chi connectivity index (χ0) is 98.5. The Morgan fingerprint density at radius 2 is 0.681 bits per heavy atom. The summed E-state index contributed by atoms with van der Waals surface area (Å²) in [5.74, 6) is 1.18. The average Bonchev–Trinajstić information content (AvgIpc) is 1.61. The molecule has 1 fully saturated rings. The Labute approximate surface area is 816 Å². The van der Waals surface area contributed by atoms with Crippen LogP contribution in [0.4, 0.5) is 0 Å². The number of fused-ring (bicyclic) bond motifs is 4. The minimum atomic E-state index is -1.21. The number of nitrogens with zero attached hydrogens (tertiary/aromatic N) is 15. The summed E-state index contributed by atoms with van der Waals surface area (Å²) in [5, 5.41) is 56.2. The molecule has 1 saturated heterocycles. The van der Waals surface area contributed by atoms with E-state index < -0.39 is 23.9 Å². The molecule has 708 valence electrons. The van der Waals surface area contributed by atoms with Gasteiger partial charge < -0.3 is 62.2 Å². The van der Waals surface area contributed by atoms with E-state index in [1.165, 1.54) is 14.0 Å². The summed E-state index contributed by atoms with van der Waals surface area (Å²) < 4.78 is 66.8. The molecular formula is C106H92BBrN16O17. The monoisotopic (exact) mass is 1950 g/mol. The van der Waals surface area contributed by atoms with Gasteiger partial charge in [0.2, 0.25) is 22.8 Å². The van der Waals surface area contributed by atoms with Crippen LogP contribution in [0.15, 0.2) is 320 Å². The number of rotatable bonds is 27. The summed E-state index contributed by atoms with van der Waals surface area (Å²) in [7, 11) is 4.52. The number of aromatic carboxylic acids is 2. The van der Waals surface area contributed by atoms with Gasteiger partial charge in [0.05, 0.1) is 87.4 Å². The van der Waals surface area contributed by atoms with Gasteiger partial charge in [-0.15, -0.1) is 15.3 Å². The second kappa shape index (κ2) is 44.6. The molecule has 35 heteroatoms. The first-order chi connectivity index (χ1) is 68.4. The lowest BCUT2D eigenvalue weighted by Gasteiger charge is -2.32. The maximum atomic E-state index is 12.5. The Morgan fingerprint density at radius 1 is 0.369 bits per heavy atom. The van der Waals surface area contributed by atoms with Gasteiger partial charge in [0.1, 0.15) is 40.2 Å². The van der Waals surface area contributed by atoms with E-state index in [4.69, 9.17) is 57.0 Å². The number of carboxylic acids is 2. The zero-order valence-corrected chi connectivity index (χ0v) is 79.3. The van der Waals surface area contributed by atoms with Crippen molar-refractivity contribution in [2.45, 2.75) is 72.4 Å². The first kappa shape index (κ1) is 96.7. The van der Waals surface area contributed by atoms with E-state index in [0.717, 1.165) is 121 Å². The van der Waals surface area contributed by atoms with Crippen molar-refractivity contribution in [3.05, 3.63) is 360 Å². The number of carboxylic acid groups (broad SMARTS) is 2. The highest BCUT2D eigenvalue weighted by molar-refractivity contribution is 9.10. The van der Waals surface area contributed by atoms with Gasteiger partial charge in [-0.3, -0.25) is 19.9 Å². The largest absolute Gasteiger partial charge is 0.497 e. The standard InChI is InChI=1S/C28H24N4O4.C26H20N4O4.C19H18BrN3O4.C18H12N4O3.C15H18BNO2/c1-3-35-28(33)26-27(32(31-30-26)18-19-6-11-23(34-2)12-7-19)36-24-13-8-20(9-14-24)21-10-15-25-22(17-21)5-4-16-29-25;1-33-21-9-4-17(5-10-21)16-30-25(24(26(31)32)28-29-30)34-22-11-6-18(7-12-22)19-8-13-23-20(15-19)3-2-14-27-23;1-3-26-19(24)17-18(27-16-10-6-14(20)7-11-16)23(22-21-17)12-13-4-8-15(25-2)9-5-13;23-18(24)16-17(21-22-20-16)25-14-6-3-11(4-7-14)12-5-8-15-13(10-12)2-1-9-19-15;1-14(2)15(3,4)19-16(18-14)12-7-8-13-11(10-12)6-5-9-17-13/h4-17H,3,18H2,1-2H3;2-15H,16H2,1H3,(H,31,32);4-11H,3,12H2,1-2H3;1-10H,(H,23,24)(H,20,21,22);5-10H,1-4H3. The first-order valence-electron chi connectivity index (χ1n) is 44.4. The molecule has 0 aliphatic carbocycles. The van der Waals surface area contributed by atoms with Gasteiger partial charge in [-0.1, -0.05) is 169 Å². The Morgan fingerprint density at radius 3 is 1.02 bits per heavy atom. The third-order valence-electron chi connectivity index (χ3n) is 22.6. The molecule has 11 aromatic carbocycles. The number of H-pyrrole nitrogens is 1. The number of hydrogen-bond acceptors (Lipinski definition) is 27. The van der Waals surface area contributed by atoms with Crippen LogP contribution >= 0.6 is 15.9 Å². The molecule has 9 heterocycles. The number of halogens is 1. The van der Waals surface area contributed by atoms with Gasteiger partial charge in [-0.25, -0.2) is 38.3 Å². The second-order valence-electron chi connectivity index (χ2n) is 32.5. The summed E-state index contributed by atoms with van der Waals surface area (Å²) in [6.45, 7) is 13.2. The van der Waals surface area contributed by atoms with Crippen molar-refractivity contribution in [1.82, 2.24) is 80.3 Å². The van der Waals surface area contributed by atoms with Crippen molar-refractivity contribution in [1.29, 1.82) is 0 Å². The number of carbonyl (C=O) groups is 4. The van der Waals surface area contributed by atoms with Crippen LogP contribution in [0.5, 0.6) is 63.8 Å². The number of aromatic amines is 1. The van der Waals surface area contributed by atoms with Gasteiger partial charge in [0.25, 0.3) is 23.5 Å². The van der Waals surface area contributed by atoms with E-state index in [1.54, 1.807) is 96.4 Å². The third kappa shape index (κ3) is 24.0. The van der Waals surface area contributed by atoms with E-state index in [-0.39, 0.29) is 77.8 Å².